The molecule has 0 aliphatic rings. The Kier molecular flexibility index (Phi) is 5.03. The zero-order valence-electron chi connectivity index (χ0n) is 14.9. The van der Waals surface area contributed by atoms with Crippen LogP contribution in [0.4, 0.5) is 4.79 Å². The normalized spacial score (nSPS) is 12.3. The van der Waals surface area contributed by atoms with E-state index in [1.807, 2.05) is 24.3 Å². The van der Waals surface area contributed by atoms with Crippen molar-refractivity contribution in [1.82, 2.24) is 15.0 Å². The molecule has 130 valence electrons. The second-order valence-corrected chi connectivity index (χ2v) is 6.51. The molecule has 0 bridgehead atoms. The van der Waals surface area contributed by atoms with Crippen LogP contribution in [0.1, 0.15) is 37.9 Å². The molecule has 1 atom stereocenters. The van der Waals surface area contributed by atoms with Crippen LogP contribution in [-0.2, 0) is 6.42 Å². The quantitative estimate of drug-likeness (QED) is 0.732. The minimum absolute atomic E-state index is 0.0549. The molecule has 0 fully saturated rings. The third kappa shape index (κ3) is 3.82. The largest absolute Gasteiger partial charge is 0.334 e. The number of benzene rings is 2. The van der Waals surface area contributed by atoms with Gasteiger partial charge in [0, 0.05) is 0 Å². The lowest BCUT2D eigenvalue weighted by molar-refractivity contribution is 0.242. The summed E-state index contributed by atoms with van der Waals surface area (Å²) >= 11 is 0. The van der Waals surface area contributed by atoms with E-state index in [9.17, 15) is 4.79 Å². The highest BCUT2D eigenvalue weighted by Crippen LogP contribution is 2.22. The summed E-state index contributed by atoms with van der Waals surface area (Å²) in [6.07, 6.45) is 2.62. The lowest BCUT2D eigenvalue weighted by Gasteiger charge is -2.23. The van der Waals surface area contributed by atoms with Gasteiger partial charge in [-0.2, -0.15) is 0 Å². The Hall–Kier alpha value is -2.82. The molecule has 1 aromatic heterocycles. The van der Waals surface area contributed by atoms with Crippen molar-refractivity contribution in [2.45, 2.75) is 33.2 Å². The van der Waals surface area contributed by atoms with Gasteiger partial charge >= 0.3 is 6.03 Å². The van der Waals surface area contributed by atoms with Crippen LogP contribution in [0.15, 0.2) is 54.9 Å². The number of para-hydroxylation sites is 2. The summed E-state index contributed by atoms with van der Waals surface area (Å²) in [7, 11) is 0. The average molecular weight is 336 g/mol. The Morgan fingerprint density at radius 2 is 1.84 bits per heavy atom. The summed E-state index contributed by atoms with van der Waals surface area (Å²) in [5.41, 5.74) is 6.96. The van der Waals surface area contributed by atoms with Crippen molar-refractivity contribution in [3.63, 3.8) is 0 Å². The number of carbonyl (C=O) groups excluding carboxylic acids is 1. The first-order valence-corrected chi connectivity index (χ1v) is 8.67. The maximum Gasteiger partial charge on any atom is 0.334 e. The van der Waals surface area contributed by atoms with Crippen molar-refractivity contribution >= 4 is 17.1 Å². The molecule has 1 heterocycles. The van der Waals surface area contributed by atoms with Crippen molar-refractivity contribution in [2.75, 3.05) is 5.43 Å². The van der Waals surface area contributed by atoms with Crippen LogP contribution in [-0.4, -0.2) is 15.7 Å². The van der Waals surface area contributed by atoms with Crippen LogP contribution >= 0.6 is 0 Å². The van der Waals surface area contributed by atoms with E-state index in [1.165, 1.54) is 5.56 Å². The fourth-order valence-electron chi connectivity index (χ4n) is 2.93. The van der Waals surface area contributed by atoms with Gasteiger partial charge in [0.25, 0.3) is 0 Å². The van der Waals surface area contributed by atoms with E-state index in [2.05, 4.69) is 60.8 Å². The van der Waals surface area contributed by atoms with Gasteiger partial charge in [0.05, 0.1) is 17.1 Å². The number of carbonyl (C=O) groups is 1. The SMILES string of the molecule is CCc1ccc([C@@H](NC(=O)Nn2cnc3ccccc32)C(C)C)cc1. The molecule has 2 aromatic carbocycles. The van der Waals surface area contributed by atoms with Crippen LogP contribution in [0, 0.1) is 5.92 Å². The first kappa shape index (κ1) is 17.0. The van der Waals surface area contributed by atoms with Gasteiger partial charge in [0.15, 0.2) is 0 Å². The zero-order valence-corrected chi connectivity index (χ0v) is 14.9. The first-order valence-electron chi connectivity index (χ1n) is 8.67. The number of urea groups is 1. The monoisotopic (exact) mass is 336 g/mol. The summed E-state index contributed by atoms with van der Waals surface area (Å²) in [6, 6.07) is 15.8. The lowest BCUT2D eigenvalue weighted by atomic mass is 9.95. The molecule has 0 saturated carbocycles. The van der Waals surface area contributed by atoms with Gasteiger partial charge in [-0.1, -0.05) is 57.2 Å². The molecule has 2 amide bonds. The molecule has 0 aliphatic carbocycles. The van der Waals surface area contributed by atoms with Gasteiger partial charge in [0.1, 0.15) is 6.33 Å². The number of aryl methyl sites for hydroxylation is 1. The standard InChI is InChI=1S/C20H24N4O/c1-4-15-9-11-16(12-10-15)19(14(2)3)22-20(25)23-24-13-21-17-7-5-6-8-18(17)24/h5-14,19H,4H2,1-3H3,(H2,22,23,25)/t19-/m0/s1. The molecule has 3 aromatic rings. The molecule has 0 radical (unpaired) electrons. The van der Waals surface area contributed by atoms with Crippen LogP contribution in [0.2, 0.25) is 0 Å². The smallest absolute Gasteiger partial charge is 0.330 e. The zero-order chi connectivity index (χ0) is 17.8. The van der Waals surface area contributed by atoms with Crippen LogP contribution in [0.5, 0.6) is 0 Å². The molecular formula is C20H24N4O. The van der Waals surface area contributed by atoms with Crippen molar-refractivity contribution in [2.24, 2.45) is 5.92 Å². The molecule has 0 aliphatic heterocycles. The minimum atomic E-state index is -0.249. The number of imidazole rings is 1. The summed E-state index contributed by atoms with van der Waals surface area (Å²) < 4.78 is 1.64. The minimum Gasteiger partial charge on any atom is -0.330 e. The number of rotatable bonds is 5. The van der Waals surface area contributed by atoms with E-state index in [0.29, 0.717) is 0 Å². The van der Waals surface area contributed by atoms with Crippen molar-refractivity contribution < 1.29 is 4.79 Å². The second-order valence-electron chi connectivity index (χ2n) is 6.51. The van der Waals surface area contributed by atoms with Gasteiger partial charge in [-0.25, -0.2) is 19.9 Å². The summed E-state index contributed by atoms with van der Waals surface area (Å²) in [6.45, 7) is 6.34. The Labute approximate surface area is 148 Å². The third-order valence-corrected chi connectivity index (χ3v) is 4.38. The summed E-state index contributed by atoms with van der Waals surface area (Å²) in [5.74, 6) is 0.276. The molecular weight excluding hydrogens is 312 g/mol. The van der Waals surface area contributed by atoms with Crippen LogP contribution < -0.4 is 10.7 Å². The summed E-state index contributed by atoms with van der Waals surface area (Å²) in [5, 5.41) is 3.07. The Bertz CT molecular complexity index is 852. The second kappa shape index (κ2) is 7.38. The van der Waals surface area contributed by atoms with Crippen molar-refractivity contribution in [1.29, 1.82) is 0 Å². The predicted octanol–water partition coefficient (Wildman–Crippen LogP) is 4.25. The number of fused-ring (bicyclic) bond motifs is 1. The summed E-state index contributed by atoms with van der Waals surface area (Å²) in [4.78, 5) is 16.8. The van der Waals surface area contributed by atoms with E-state index in [1.54, 1.807) is 11.0 Å². The first-order chi connectivity index (χ1) is 12.1. The highest BCUT2D eigenvalue weighted by Gasteiger charge is 2.18. The Morgan fingerprint density at radius 1 is 1.12 bits per heavy atom. The predicted molar refractivity (Wildman–Crippen MR) is 101 cm³/mol. The highest BCUT2D eigenvalue weighted by atomic mass is 16.2. The topological polar surface area (TPSA) is 59.0 Å². The van der Waals surface area contributed by atoms with Crippen LogP contribution in [0.25, 0.3) is 11.0 Å². The van der Waals surface area contributed by atoms with Gasteiger partial charge < -0.3 is 5.32 Å². The van der Waals surface area contributed by atoms with E-state index in [4.69, 9.17) is 0 Å². The van der Waals surface area contributed by atoms with Gasteiger partial charge in [-0.15, -0.1) is 0 Å². The van der Waals surface area contributed by atoms with E-state index >= 15 is 0 Å². The fourth-order valence-corrected chi connectivity index (χ4v) is 2.93. The maximum atomic E-state index is 12.5. The molecule has 3 rings (SSSR count). The molecule has 0 saturated heterocycles. The van der Waals surface area contributed by atoms with Crippen molar-refractivity contribution in [3.8, 4) is 0 Å². The van der Waals surface area contributed by atoms with Gasteiger partial charge in [0.2, 0.25) is 0 Å². The van der Waals surface area contributed by atoms with E-state index in [-0.39, 0.29) is 18.0 Å². The molecule has 0 spiro atoms. The molecule has 5 heteroatoms. The number of nitrogens with zero attached hydrogens (tertiary/aromatic N) is 2. The Balaban J connectivity index is 1.74. The molecule has 2 N–H and O–H groups in total. The number of hydrogen-bond acceptors (Lipinski definition) is 2. The maximum absolute atomic E-state index is 12.5. The van der Waals surface area contributed by atoms with Gasteiger partial charge in [-0.05, 0) is 35.6 Å². The highest BCUT2D eigenvalue weighted by molar-refractivity contribution is 5.85. The number of nitrogens with one attached hydrogen (secondary N) is 2. The molecule has 25 heavy (non-hydrogen) atoms. The fraction of sp³-hybridized carbons (Fsp3) is 0.300. The van der Waals surface area contributed by atoms with E-state index in [0.717, 1.165) is 23.0 Å². The Morgan fingerprint density at radius 3 is 2.52 bits per heavy atom. The van der Waals surface area contributed by atoms with Gasteiger partial charge in [-0.3, -0.25) is 0 Å². The third-order valence-electron chi connectivity index (χ3n) is 4.38. The molecule has 5 nitrogen and oxygen atoms in total. The number of amides is 2. The number of aromatic nitrogens is 2. The molecule has 0 unspecified atom stereocenters. The van der Waals surface area contributed by atoms with Crippen LogP contribution in [0.3, 0.4) is 0 Å². The average Bonchev–Trinajstić information content (AvgIpc) is 3.03. The van der Waals surface area contributed by atoms with Crippen molar-refractivity contribution in [3.05, 3.63) is 66.0 Å². The number of hydrogen-bond donors (Lipinski definition) is 2. The lowest BCUT2D eigenvalue weighted by Crippen LogP contribution is -2.38. The van der Waals surface area contributed by atoms with E-state index < -0.39 is 0 Å².